The largest absolute Gasteiger partial charge is 0.423 e. The Balaban J connectivity index is 2.55. The van der Waals surface area contributed by atoms with Gasteiger partial charge in [-0.2, -0.15) is 0 Å². The second kappa shape index (κ2) is 2.73. The summed E-state index contributed by atoms with van der Waals surface area (Å²) < 4.78 is 17.9. The van der Waals surface area contributed by atoms with Crippen LogP contribution < -0.4 is 0 Å². The number of rotatable bonds is 1. The van der Waals surface area contributed by atoms with Gasteiger partial charge in [0.1, 0.15) is 5.82 Å². The molecule has 2 rings (SSSR count). The molecule has 0 aliphatic rings. The molecule has 0 radical (unpaired) electrons. The molecule has 0 spiro atoms. The van der Waals surface area contributed by atoms with E-state index in [2.05, 4.69) is 10.2 Å². The van der Waals surface area contributed by atoms with E-state index in [1.54, 1.807) is 18.2 Å². The normalized spacial score (nSPS) is 10.1. The molecule has 3 nitrogen and oxygen atoms in total. The van der Waals surface area contributed by atoms with Crippen molar-refractivity contribution in [3.05, 3.63) is 36.5 Å². The van der Waals surface area contributed by atoms with Crippen molar-refractivity contribution in [2.45, 2.75) is 0 Å². The first kappa shape index (κ1) is 6.97. The maximum absolute atomic E-state index is 13.0. The van der Waals surface area contributed by atoms with Crippen LogP contribution in [0.15, 0.2) is 35.1 Å². The third-order valence-electron chi connectivity index (χ3n) is 1.46. The monoisotopic (exact) mass is 164 g/mol. The Morgan fingerprint density at radius 3 is 2.75 bits per heavy atom. The van der Waals surface area contributed by atoms with Crippen LogP contribution in [-0.4, -0.2) is 10.2 Å². The number of nitrogens with zero attached hydrogens (tertiary/aromatic N) is 2. The highest BCUT2D eigenvalue weighted by molar-refractivity contribution is 5.52. The predicted octanol–water partition coefficient (Wildman–Crippen LogP) is 1.88. The SMILES string of the molecule is Fc1ccccc1-c1nnco1. The fraction of sp³-hybridized carbons (Fsp3) is 0. The highest BCUT2D eigenvalue weighted by atomic mass is 19.1. The van der Waals surface area contributed by atoms with Gasteiger partial charge in [-0.3, -0.25) is 0 Å². The van der Waals surface area contributed by atoms with Crippen molar-refractivity contribution in [1.29, 1.82) is 0 Å². The molecule has 0 amide bonds. The molecule has 0 aliphatic heterocycles. The highest BCUT2D eigenvalue weighted by Gasteiger charge is 2.07. The number of aromatic nitrogens is 2. The Labute approximate surface area is 67.9 Å². The Kier molecular flexibility index (Phi) is 1.59. The van der Waals surface area contributed by atoms with Crippen molar-refractivity contribution >= 4 is 0 Å². The van der Waals surface area contributed by atoms with Crippen molar-refractivity contribution in [3.63, 3.8) is 0 Å². The van der Waals surface area contributed by atoms with Crippen molar-refractivity contribution in [1.82, 2.24) is 10.2 Å². The van der Waals surface area contributed by atoms with Crippen LogP contribution in [0.5, 0.6) is 0 Å². The van der Waals surface area contributed by atoms with Gasteiger partial charge >= 0.3 is 0 Å². The minimum atomic E-state index is -0.359. The maximum Gasteiger partial charge on any atom is 0.250 e. The summed E-state index contributed by atoms with van der Waals surface area (Å²) in [5.74, 6) is -0.158. The van der Waals surface area contributed by atoms with Crippen molar-refractivity contribution in [2.75, 3.05) is 0 Å². The zero-order chi connectivity index (χ0) is 8.39. The molecule has 0 N–H and O–H groups in total. The molecular formula is C8H5FN2O. The lowest BCUT2D eigenvalue weighted by Crippen LogP contribution is -1.82. The lowest BCUT2D eigenvalue weighted by Gasteiger charge is -1.94. The Morgan fingerprint density at radius 1 is 1.25 bits per heavy atom. The summed E-state index contributed by atoms with van der Waals surface area (Å²) in [5.41, 5.74) is 0.329. The first-order valence-electron chi connectivity index (χ1n) is 3.39. The molecule has 0 atom stereocenters. The molecule has 0 saturated heterocycles. The van der Waals surface area contributed by atoms with Gasteiger partial charge < -0.3 is 4.42 Å². The van der Waals surface area contributed by atoms with Crippen LogP contribution in [0.2, 0.25) is 0 Å². The van der Waals surface area contributed by atoms with E-state index in [9.17, 15) is 4.39 Å². The summed E-state index contributed by atoms with van der Waals surface area (Å²) in [6.45, 7) is 0. The van der Waals surface area contributed by atoms with E-state index in [1.165, 1.54) is 12.5 Å². The zero-order valence-corrected chi connectivity index (χ0v) is 6.07. The van der Waals surface area contributed by atoms with Crippen LogP contribution in [0.4, 0.5) is 4.39 Å². The number of hydrogen-bond donors (Lipinski definition) is 0. The summed E-state index contributed by atoms with van der Waals surface area (Å²) in [6.07, 6.45) is 1.17. The van der Waals surface area contributed by atoms with Gasteiger partial charge in [0.05, 0.1) is 5.56 Å². The molecular weight excluding hydrogens is 159 g/mol. The zero-order valence-electron chi connectivity index (χ0n) is 6.07. The first-order valence-corrected chi connectivity index (χ1v) is 3.39. The molecule has 0 aliphatic carbocycles. The van der Waals surface area contributed by atoms with Crippen molar-refractivity contribution < 1.29 is 8.81 Å². The molecule has 1 aromatic carbocycles. The minimum Gasteiger partial charge on any atom is -0.423 e. The Morgan fingerprint density at radius 2 is 2.08 bits per heavy atom. The van der Waals surface area contributed by atoms with Gasteiger partial charge in [0, 0.05) is 0 Å². The van der Waals surface area contributed by atoms with Gasteiger partial charge in [0.15, 0.2) is 0 Å². The molecule has 0 fully saturated rings. The maximum atomic E-state index is 13.0. The van der Waals surface area contributed by atoms with Gasteiger partial charge in [-0.15, -0.1) is 10.2 Å². The van der Waals surface area contributed by atoms with Crippen LogP contribution in [0.1, 0.15) is 0 Å². The molecule has 1 heterocycles. The molecule has 4 heteroatoms. The van der Waals surface area contributed by atoms with E-state index in [4.69, 9.17) is 4.42 Å². The second-order valence-electron chi connectivity index (χ2n) is 2.22. The van der Waals surface area contributed by atoms with Gasteiger partial charge in [0.25, 0.3) is 0 Å². The average Bonchev–Trinajstić information content (AvgIpc) is 2.57. The van der Waals surface area contributed by atoms with E-state index in [-0.39, 0.29) is 11.7 Å². The molecule has 0 saturated carbocycles. The van der Waals surface area contributed by atoms with Gasteiger partial charge in [-0.05, 0) is 12.1 Å². The van der Waals surface area contributed by atoms with Gasteiger partial charge in [-0.1, -0.05) is 12.1 Å². The van der Waals surface area contributed by atoms with Crippen LogP contribution in [0.3, 0.4) is 0 Å². The third kappa shape index (κ3) is 1.07. The fourth-order valence-electron chi connectivity index (χ4n) is 0.925. The molecule has 2 aromatic rings. The van der Waals surface area contributed by atoms with E-state index >= 15 is 0 Å². The fourth-order valence-corrected chi connectivity index (χ4v) is 0.925. The van der Waals surface area contributed by atoms with E-state index in [1.807, 2.05) is 0 Å². The minimum absolute atomic E-state index is 0.202. The lowest BCUT2D eigenvalue weighted by atomic mass is 10.2. The van der Waals surface area contributed by atoms with E-state index < -0.39 is 0 Å². The standard InChI is InChI=1S/C8H5FN2O/c9-7-4-2-1-3-6(7)8-11-10-5-12-8/h1-5H. The quantitative estimate of drug-likeness (QED) is 0.645. The predicted molar refractivity (Wildman–Crippen MR) is 39.7 cm³/mol. The van der Waals surface area contributed by atoms with E-state index in [0.717, 1.165) is 0 Å². The summed E-state index contributed by atoms with van der Waals surface area (Å²) in [4.78, 5) is 0. The molecule has 0 unspecified atom stereocenters. The smallest absolute Gasteiger partial charge is 0.250 e. The van der Waals surface area contributed by atoms with Crippen LogP contribution in [-0.2, 0) is 0 Å². The first-order chi connectivity index (χ1) is 5.88. The Bertz CT molecular complexity index is 372. The summed E-state index contributed by atoms with van der Waals surface area (Å²) >= 11 is 0. The van der Waals surface area contributed by atoms with Crippen LogP contribution >= 0.6 is 0 Å². The topological polar surface area (TPSA) is 38.9 Å². The van der Waals surface area contributed by atoms with Crippen LogP contribution in [0.25, 0.3) is 11.5 Å². The summed E-state index contributed by atoms with van der Waals surface area (Å²) in [7, 11) is 0. The summed E-state index contributed by atoms with van der Waals surface area (Å²) in [6, 6.07) is 6.25. The number of benzene rings is 1. The third-order valence-corrected chi connectivity index (χ3v) is 1.46. The van der Waals surface area contributed by atoms with Crippen molar-refractivity contribution in [2.24, 2.45) is 0 Å². The van der Waals surface area contributed by atoms with E-state index in [0.29, 0.717) is 5.56 Å². The second-order valence-corrected chi connectivity index (χ2v) is 2.22. The van der Waals surface area contributed by atoms with Crippen LogP contribution in [0, 0.1) is 5.82 Å². The highest BCUT2D eigenvalue weighted by Crippen LogP contribution is 2.18. The molecule has 12 heavy (non-hydrogen) atoms. The van der Waals surface area contributed by atoms with Crippen molar-refractivity contribution in [3.8, 4) is 11.5 Å². The molecule has 60 valence electrons. The number of halogens is 1. The Hall–Kier alpha value is -1.71. The number of hydrogen-bond acceptors (Lipinski definition) is 3. The van der Waals surface area contributed by atoms with Gasteiger partial charge in [0.2, 0.25) is 12.3 Å². The molecule has 1 aromatic heterocycles. The van der Waals surface area contributed by atoms with Gasteiger partial charge in [-0.25, -0.2) is 4.39 Å². The lowest BCUT2D eigenvalue weighted by molar-refractivity contribution is 0.558. The molecule has 0 bridgehead atoms. The average molecular weight is 164 g/mol. The summed E-state index contributed by atoms with van der Waals surface area (Å²) in [5, 5.41) is 7.05.